The lowest BCUT2D eigenvalue weighted by molar-refractivity contribution is -0.116. The van der Waals surface area contributed by atoms with Crippen molar-refractivity contribution in [2.45, 2.75) is 51.5 Å². The fraction of sp³-hybridized carbons (Fsp3) is 0.286. The van der Waals surface area contributed by atoms with Gasteiger partial charge in [-0.05, 0) is 48.6 Å². The van der Waals surface area contributed by atoms with Crippen LogP contribution in [0.3, 0.4) is 0 Å². The predicted molar refractivity (Wildman–Crippen MR) is 135 cm³/mol. The van der Waals surface area contributed by atoms with E-state index in [0.29, 0.717) is 6.42 Å². The van der Waals surface area contributed by atoms with Gasteiger partial charge in [-0.2, -0.15) is 0 Å². The zero-order valence-corrected chi connectivity index (χ0v) is 19.4. The van der Waals surface area contributed by atoms with Gasteiger partial charge in [-0.1, -0.05) is 73.0 Å². The number of hydrogen-bond acceptors (Lipinski definition) is 4. The summed E-state index contributed by atoms with van der Waals surface area (Å²) in [5.74, 6) is 0.0889. The maximum Gasteiger partial charge on any atom is 0.224 e. The van der Waals surface area contributed by atoms with Crippen molar-refractivity contribution in [2.75, 3.05) is 5.32 Å². The number of carbonyl (C=O) groups excluding carboxylic acids is 1. The van der Waals surface area contributed by atoms with E-state index in [1.807, 2.05) is 59.4 Å². The molecule has 6 heteroatoms. The molecule has 0 unspecified atom stereocenters. The minimum atomic E-state index is 0.0889. The van der Waals surface area contributed by atoms with E-state index in [4.69, 9.17) is 0 Å². The monoisotopic (exact) mass is 453 g/mol. The van der Waals surface area contributed by atoms with Gasteiger partial charge in [0.15, 0.2) is 0 Å². The summed E-state index contributed by atoms with van der Waals surface area (Å²) < 4.78 is 1.89. The molecule has 0 saturated heterocycles. The van der Waals surface area contributed by atoms with E-state index in [1.54, 1.807) is 12.4 Å². The summed E-state index contributed by atoms with van der Waals surface area (Å²) in [6.07, 6.45) is 12.1. The van der Waals surface area contributed by atoms with Crippen molar-refractivity contribution in [2.24, 2.45) is 0 Å². The third kappa shape index (κ3) is 7.10. The minimum absolute atomic E-state index is 0.0889. The number of unbranched alkanes of at least 4 members (excludes halogenated alkanes) is 4. The average molecular weight is 454 g/mol. The van der Waals surface area contributed by atoms with E-state index in [0.717, 1.165) is 67.6 Å². The number of rotatable bonds is 12. The van der Waals surface area contributed by atoms with Gasteiger partial charge in [-0.3, -0.25) is 14.5 Å². The normalized spacial score (nSPS) is 10.8. The molecule has 2 aromatic heterocycles. The number of para-hydroxylation sites is 1. The summed E-state index contributed by atoms with van der Waals surface area (Å²) in [5, 5.41) is 11.5. The van der Waals surface area contributed by atoms with Crippen LogP contribution in [-0.4, -0.2) is 25.9 Å². The fourth-order valence-corrected chi connectivity index (χ4v) is 3.97. The zero-order chi connectivity index (χ0) is 23.4. The van der Waals surface area contributed by atoms with Gasteiger partial charge in [0.1, 0.15) is 5.69 Å². The number of aromatic nitrogens is 4. The molecule has 2 aromatic carbocycles. The van der Waals surface area contributed by atoms with Crippen molar-refractivity contribution in [3.63, 3.8) is 0 Å². The maximum atomic E-state index is 12.5. The molecule has 0 aliphatic carbocycles. The first-order valence-electron chi connectivity index (χ1n) is 12.0. The molecule has 174 valence electrons. The summed E-state index contributed by atoms with van der Waals surface area (Å²) in [5.41, 5.74) is 5.12. The van der Waals surface area contributed by atoms with E-state index in [9.17, 15) is 4.79 Å². The Balaban J connectivity index is 1.12. The van der Waals surface area contributed by atoms with Crippen molar-refractivity contribution in [1.82, 2.24) is 20.0 Å². The molecule has 0 atom stereocenters. The molecule has 34 heavy (non-hydrogen) atoms. The first-order chi connectivity index (χ1) is 16.8. The molecular weight excluding hydrogens is 422 g/mol. The Hall–Kier alpha value is -3.80. The Labute approximate surface area is 201 Å². The van der Waals surface area contributed by atoms with Crippen LogP contribution in [0.25, 0.3) is 11.3 Å². The van der Waals surface area contributed by atoms with Gasteiger partial charge < -0.3 is 5.32 Å². The number of hydrogen-bond donors (Lipinski definition) is 1. The van der Waals surface area contributed by atoms with Gasteiger partial charge in [0.05, 0.1) is 6.20 Å². The summed E-state index contributed by atoms with van der Waals surface area (Å²) in [4.78, 5) is 16.6. The molecular formula is C28H31N5O. The Morgan fingerprint density at radius 3 is 2.50 bits per heavy atom. The lowest BCUT2D eigenvalue weighted by Crippen LogP contribution is -2.12. The molecule has 0 spiro atoms. The standard InChI is InChI=1S/C28H31N5O/c34-28(30-26-16-9-8-14-24(26)20-23-12-5-4-6-13-23)17-7-2-1-3-10-19-33-22-27(31-32-33)25-15-11-18-29-21-25/h4-6,8-9,11-16,18,21-22H,1-3,7,10,17,19-20H2,(H,30,34). The number of benzene rings is 2. The molecule has 0 radical (unpaired) electrons. The van der Waals surface area contributed by atoms with Crippen molar-refractivity contribution in [3.8, 4) is 11.3 Å². The van der Waals surface area contributed by atoms with E-state index >= 15 is 0 Å². The average Bonchev–Trinajstić information content (AvgIpc) is 3.35. The predicted octanol–water partition coefficient (Wildman–Crippen LogP) is 5.91. The smallest absolute Gasteiger partial charge is 0.224 e. The molecule has 0 fully saturated rings. The highest BCUT2D eigenvalue weighted by molar-refractivity contribution is 5.91. The first kappa shape index (κ1) is 23.4. The first-order valence-corrected chi connectivity index (χ1v) is 12.0. The largest absolute Gasteiger partial charge is 0.326 e. The number of amides is 1. The van der Waals surface area contributed by atoms with Crippen LogP contribution in [0.15, 0.2) is 85.3 Å². The van der Waals surface area contributed by atoms with Crippen LogP contribution in [0.5, 0.6) is 0 Å². The molecule has 4 rings (SSSR count). The lowest BCUT2D eigenvalue weighted by atomic mass is 10.0. The van der Waals surface area contributed by atoms with Crippen LogP contribution in [-0.2, 0) is 17.8 Å². The van der Waals surface area contributed by atoms with Gasteiger partial charge in [0, 0.05) is 36.6 Å². The summed E-state index contributed by atoms with van der Waals surface area (Å²) >= 11 is 0. The Morgan fingerprint density at radius 2 is 1.65 bits per heavy atom. The van der Waals surface area contributed by atoms with Crippen LogP contribution in [0.1, 0.15) is 49.7 Å². The number of carbonyl (C=O) groups is 1. The fourth-order valence-electron chi connectivity index (χ4n) is 3.97. The molecule has 2 heterocycles. The summed E-state index contributed by atoms with van der Waals surface area (Å²) in [6.45, 7) is 0.853. The Bertz CT molecular complexity index is 1160. The van der Waals surface area contributed by atoms with E-state index in [-0.39, 0.29) is 5.91 Å². The topological polar surface area (TPSA) is 72.7 Å². The molecule has 4 aromatic rings. The van der Waals surface area contributed by atoms with Gasteiger partial charge in [-0.15, -0.1) is 5.10 Å². The number of nitrogens with zero attached hydrogens (tertiary/aromatic N) is 4. The second kappa shape index (κ2) is 12.4. The van der Waals surface area contributed by atoms with Crippen molar-refractivity contribution < 1.29 is 4.79 Å². The third-order valence-electron chi connectivity index (χ3n) is 5.82. The second-order valence-electron chi connectivity index (χ2n) is 8.49. The number of pyridine rings is 1. The van der Waals surface area contributed by atoms with E-state index < -0.39 is 0 Å². The van der Waals surface area contributed by atoms with Gasteiger partial charge in [-0.25, -0.2) is 0 Å². The highest BCUT2D eigenvalue weighted by atomic mass is 16.1. The van der Waals surface area contributed by atoms with Gasteiger partial charge in [0.2, 0.25) is 5.91 Å². The molecule has 1 N–H and O–H groups in total. The van der Waals surface area contributed by atoms with Crippen LogP contribution in [0.2, 0.25) is 0 Å². The van der Waals surface area contributed by atoms with E-state index in [2.05, 4.69) is 38.8 Å². The Kier molecular flexibility index (Phi) is 8.55. The molecule has 0 saturated carbocycles. The van der Waals surface area contributed by atoms with Crippen LogP contribution < -0.4 is 5.32 Å². The molecule has 1 amide bonds. The lowest BCUT2D eigenvalue weighted by Gasteiger charge is -2.11. The highest BCUT2D eigenvalue weighted by Crippen LogP contribution is 2.20. The van der Waals surface area contributed by atoms with E-state index in [1.165, 1.54) is 5.56 Å². The molecule has 0 bridgehead atoms. The number of anilines is 1. The van der Waals surface area contributed by atoms with Crippen LogP contribution in [0.4, 0.5) is 5.69 Å². The van der Waals surface area contributed by atoms with Gasteiger partial charge in [0.25, 0.3) is 0 Å². The number of aryl methyl sites for hydroxylation is 1. The second-order valence-corrected chi connectivity index (χ2v) is 8.49. The maximum absolute atomic E-state index is 12.5. The quantitative estimate of drug-likeness (QED) is 0.271. The van der Waals surface area contributed by atoms with Crippen LogP contribution >= 0.6 is 0 Å². The molecule has 0 aliphatic rings. The van der Waals surface area contributed by atoms with Crippen LogP contribution in [0, 0.1) is 0 Å². The SMILES string of the molecule is O=C(CCCCCCCn1cc(-c2cccnc2)nn1)Nc1ccccc1Cc1ccccc1. The van der Waals surface area contributed by atoms with Crippen molar-refractivity contribution >= 4 is 11.6 Å². The summed E-state index contributed by atoms with van der Waals surface area (Å²) in [7, 11) is 0. The molecule has 6 nitrogen and oxygen atoms in total. The summed E-state index contributed by atoms with van der Waals surface area (Å²) in [6, 6.07) is 22.3. The zero-order valence-electron chi connectivity index (χ0n) is 19.4. The van der Waals surface area contributed by atoms with Crippen molar-refractivity contribution in [3.05, 3.63) is 96.4 Å². The minimum Gasteiger partial charge on any atom is -0.326 e. The molecule has 0 aliphatic heterocycles. The highest BCUT2D eigenvalue weighted by Gasteiger charge is 2.08. The van der Waals surface area contributed by atoms with Crippen molar-refractivity contribution in [1.29, 1.82) is 0 Å². The Morgan fingerprint density at radius 1 is 0.853 bits per heavy atom. The third-order valence-corrected chi connectivity index (χ3v) is 5.82. The number of nitrogens with one attached hydrogen (secondary N) is 1. The van der Waals surface area contributed by atoms with Gasteiger partial charge >= 0.3 is 0 Å².